The van der Waals surface area contributed by atoms with Gasteiger partial charge in [0, 0.05) is 32.2 Å². The first-order valence-electron chi connectivity index (χ1n) is 7.88. The minimum absolute atomic E-state index is 0.00569. The van der Waals surface area contributed by atoms with E-state index in [1.165, 1.54) is 0 Å². The number of thioether (sulfide) groups is 1. The molecule has 0 saturated carbocycles. The molecule has 3 aromatic rings. The number of carbonyl (C=O) groups excluding carboxylic acids is 1. The summed E-state index contributed by atoms with van der Waals surface area (Å²) in [5, 5.41) is 1.40. The van der Waals surface area contributed by atoms with E-state index in [9.17, 15) is 4.79 Å². The van der Waals surface area contributed by atoms with E-state index in [2.05, 4.69) is 0 Å². The average molecular weight is 387 g/mol. The lowest BCUT2D eigenvalue weighted by Crippen LogP contribution is -2.05. The third-order valence-corrected chi connectivity index (χ3v) is 5.57. The van der Waals surface area contributed by atoms with Crippen molar-refractivity contribution in [3.63, 3.8) is 0 Å². The summed E-state index contributed by atoms with van der Waals surface area (Å²) in [4.78, 5) is 13.8. The lowest BCUT2D eigenvalue weighted by molar-refractivity contribution is 0.0982. The van der Waals surface area contributed by atoms with E-state index in [1.807, 2.05) is 78.9 Å². The molecule has 3 rings (SSSR count). The molecule has 0 aliphatic heterocycles. The molecule has 126 valence electrons. The summed E-state index contributed by atoms with van der Waals surface area (Å²) >= 11 is 13.6. The number of ketones is 1. The lowest BCUT2D eigenvalue weighted by Gasteiger charge is -2.17. The Kier molecular flexibility index (Phi) is 6.19. The van der Waals surface area contributed by atoms with E-state index in [0.717, 1.165) is 16.0 Å². The smallest absolute Gasteiger partial charge is 0.164 e. The molecule has 1 nitrogen and oxygen atoms in total. The Bertz CT molecular complexity index is 830. The van der Waals surface area contributed by atoms with Crippen LogP contribution in [0.2, 0.25) is 10.0 Å². The van der Waals surface area contributed by atoms with Crippen LogP contribution in [0.3, 0.4) is 0 Å². The molecule has 3 aromatic carbocycles. The molecule has 1 unspecified atom stereocenters. The molecule has 0 spiro atoms. The average Bonchev–Trinajstić information content (AvgIpc) is 2.64. The Labute approximate surface area is 162 Å². The van der Waals surface area contributed by atoms with Gasteiger partial charge in [-0.15, -0.1) is 11.8 Å². The van der Waals surface area contributed by atoms with Crippen LogP contribution in [0.15, 0.2) is 83.8 Å². The number of Topliss-reactive ketones (excluding diaryl/α,β-unsaturated/α-hetero) is 1. The quantitative estimate of drug-likeness (QED) is 0.331. The van der Waals surface area contributed by atoms with Crippen molar-refractivity contribution in [1.82, 2.24) is 0 Å². The molecular formula is C21H16Cl2OS. The van der Waals surface area contributed by atoms with E-state index >= 15 is 0 Å². The predicted octanol–water partition coefficient (Wildman–Crippen LogP) is 7.10. The van der Waals surface area contributed by atoms with Crippen molar-refractivity contribution in [2.24, 2.45) is 0 Å². The molecule has 0 aromatic heterocycles. The van der Waals surface area contributed by atoms with Crippen molar-refractivity contribution in [2.75, 3.05) is 0 Å². The largest absolute Gasteiger partial charge is 0.294 e. The monoisotopic (exact) mass is 386 g/mol. The van der Waals surface area contributed by atoms with Crippen LogP contribution in [0, 0.1) is 0 Å². The van der Waals surface area contributed by atoms with E-state index in [1.54, 1.807) is 11.8 Å². The van der Waals surface area contributed by atoms with Crippen LogP contribution in [0.4, 0.5) is 0 Å². The van der Waals surface area contributed by atoms with Crippen LogP contribution in [0.5, 0.6) is 0 Å². The van der Waals surface area contributed by atoms with Gasteiger partial charge in [0.25, 0.3) is 0 Å². The zero-order valence-corrected chi connectivity index (χ0v) is 15.7. The van der Waals surface area contributed by atoms with Gasteiger partial charge in [0.15, 0.2) is 5.78 Å². The van der Waals surface area contributed by atoms with Gasteiger partial charge in [-0.25, -0.2) is 0 Å². The Morgan fingerprint density at radius 2 is 1.36 bits per heavy atom. The summed E-state index contributed by atoms with van der Waals surface area (Å²) in [5.41, 5.74) is 1.81. The predicted molar refractivity (Wildman–Crippen MR) is 107 cm³/mol. The van der Waals surface area contributed by atoms with Crippen molar-refractivity contribution in [3.8, 4) is 0 Å². The molecule has 0 amide bonds. The zero-order valence-electron chi connectivity index (χ0n) is 13.4. The van der Waals surface area contributed by atoms with Crippen molar-refractivity contribution >= 4 is 40.7 Å². The van der Waals surface area contributed by atoms with Crippen molar-refractivity contribution in [2.45, 2.75) is 16.6 Å². The van der Waals surface area contributed by atoms with Gasteiger partial charge in [-0.2, -0.15) is 0 Å². The second kappa shape index (κ2) is 8.57. The van der Waals surface area contributed by atoms with Gasteiger partial charge in [0.05, 0.1) is 0 Å². The lowest BCUT2D eigenvalue weighted by atomic mass is 10.0. The molecule has 0 aliphatic carbocycles. The normalized spacial score (nSPS) is 11.9. The first-order chi connectivity index (χ1) is 12.1. The van der Waals surface area contributed by atoms with Crippen molar-refractivity contribution in [3.05, 3.63) is 100 Å². The number of halogens is 2. The second-order valence-electron chi connectivity index (χ2n) is 5.61. The first kappa shape index (κ1) is 18.1. The Morgan fingerprint density at radius 3 is 1.96 bits per heavy atom. The van der Waals surface area contributed by atoms with Gasteiger partial charge in [-0.1, -0.05) is 65.7 Å². The fraction of sp³-hybridized carbons (Fsp3) is 0.0952. The van der Waals surface area contributed by atoms with E-state index < -0.39 is 0 Å². The third kappa shape index (κ3) is 5.12. The van der Waals surface area contributed by atoms with Crippen LogP contribution in [0.25, 0.3) is 0 Å². The maximum atomic E-state index is 12.7. The standard InChI is InChI=1S/C21H16Cl2OS/c22-17-8-6-16(7-9-17)21(25-19-12-10-18(23)11-13-19)14-20(24)15-4-2-1-3-5-15/h1-13,21H,14H2. The molecule has 0 aliphatic rings. The molecular weight excluding hydrogens is 371 g/mol. The minimum Gasteiger partial charge on any atom is -0.294 e. The molecule has 0 saturated heterocycles. The van der Waals surface area contributed by atoms with Gasteiger partial charge < -0.3 is 0 Å². The SMILES string of the molecule is O=C(CC(Sc1ccc(Cl)cc1)c1ccc(Cl)cc1)c1ccccc1. The topological polar surface area (TPSA) is 17.1 Å². The highest BCUT2D eigenvalue weighted by Crippen LogP contribution is 2.39. The number of benzene rings is 3. The third-order valence-electron chi connectivity index (χ3n) is 3.80. The van der Waals surface area contributed by atoms with Gasteiger partial charge in [0.1, 0.15) is 0 Å². The maximum Gasteiger partial charge on any atom is 0.164 e. The van der Waals surface area contributed by atoms with E-state index in [-0.39, 0.29) is 11.0 Å². The van der Waals surface area contributed by atoms with Crippen LogP contribution < -0.4 is 0 Å². The molecule has 0 N–H and O–H groups in total. The fourth-order valence-electron chi connectivity index (χ4n) is 2.49. The molecule has 0 fully saturated rings. The summed E-state index contributed by atoms with van der Waals surface area (Å²) in [6.07, 6.45) is 0.416. The molecule has 0 radical (unpaired) electrons. The highest BCUT2D eigenvalue weighted by atomic mass is 35.5. The highest BCUT2D eigenvalue weighted by Gasteiger charge is 2.18. The Balaban J connectivity index is 1.84. The van der Waals surface area contributed by atoms with Gasteiger partial charge in [-0.05, 0) is 42.0 Å². The highest BCUT2D eigenvalue weighted by molar-refractivity contribution is 7.99. The minimum atomic E-state index is 0.00569. The van der Waals surface area contributed by atoms with Crippen LogP contribution >= 0.6 is 35.0 Å². The Morgan fingerprint density at radius 1 is 0.800 bits per heavy atom. The maximum absolute atomic E-state index is 12.7. The van der Waals surface area contributed by atoms with Gasteiger partial charge >= 0.3 is 0 Å². The Hall–Kier alpha value is -1.74. The fourth-order valence-corrected chi connectivity index (χ4v) is 3.89. The summed E-state index contributed by atoms with van der Waals surface area (Å²) in [6.45, 7) is 0. The second-order valence-corrected chi connectivity index (χ2v) is 7.75. The van der Waals surface area contributed by atoms with Crippen LogP contribution in [0.1, 0.15) is 27.6 Å². The summed E-state index contributed by atoms with van der Waals surface area (Å²) < 4.78 is 0. The van der Waals surface area contributed by atoms with Crippen LogP contribution in [-0.4, -0.2) is 5.78 Å². The number of carbonyl (C=O) groups is 1. The number of rotatable bonds is 6. The molecule has 4 heteroatoms. The summed E-state index contributed by atoms with van der Waals surface area (Å²) in [5.74, 6) is 0.127. The molecule has 0 bridgehead atoms. The zero-order chi connectivity index (χ0) is 17.6. The van der Waals surface area contributed by atoms with Crippen LogP contribution in [-0.2, 0) is 0 Å². The van der Waals surface area contributed by atoms with Gasteiger partial charge in [-0.3, -0.25) is 4.79 Å². The van der Waals surface area contributed by atoms with Crippen molar-refractivity contribution < 1.29 is 4.79 Å². The van der Waals surface area contributed by atoms with Crippen molar-refractivity contribution in [1.29, 1.82) is 0 Å². The summed E-state index contributed by atoms with van der Waals surface area (Å²) in [6, 6.07) is 24.8. The van der Waals surface area contributed by atoms with E-state index in [0.29, 0.717) is 16.5 Å². The van der Waals surface area contributed by atoms with Gasteiger partial charge in [0.2, 0.25) is 0 Å². The number of hydrogen-bond donors (Lipinski definition) is 0. The number of hydrogen-bond acceptors (Lipinski definition) is 2. The molecule has 0 heterocycles. The summed E-state index contributed by atoms with van der Waals surface area (Å²) in [7, 11) is 0. The molecule has 1 atom stereocenters. The molecule has 25 heavy (non-hydrogen) atoms. The van der Waals surface area contributed by atoms with E-state index in [4.69, 9.17) is 23.2 Å². The first-order valence-corrected chi connectivity index (χ1v) is 9.51.